The van der Waals surface area contributed by atoms with Gasteiger partial charge in [0.25, 0.3) is 0 Å². The van der Waals surface area contributed by atoms with Gasteiger partial charge in [-0.15, -0.1) is 0 Å². The lowest BCUT2D eigenvalue weighted by Gasteiger charge is -2.39. The molecule has 0 saturated carbocycles. The fourth-order valence-electron chi connectivity index (χ4n) is 5.06. The van der Waals surface area contributed by atoms with Crippen LogP contribution in [0.2, 0.25) is 0 Å². The third-order valence-corrected chi connectivity index (χ3v) is 10.0. The molecule has 0 aromatic heterocycles. The van der Waals surface area contributed by atoms with E-state index in [1.165, 1.54) is 40.4 Å². The van der Waals surface area contributed by atoms with Gasteiger partial charge in [0, 0.05) is 29.6 Å². The van der Waals surface area contributed by atoms with Crippen molar-refractivity contribution in [1.29, 1.82) is 0 Å². The van der Waals surface area contributed by atoms with Crippen molar-refractivity contribution in [2.45, 2.75) is 111 Å². The van der Waals surface area contributed by atoms with E-state index >= 15 is 0 Å². The van der Waals surface area contributed by atoms with Gasteiger partial charge in [-0.25, -0.2) is 0 Å². The maximum atomic E-state index is 6.51. The van der Waals surface area contributed by atoms with E-state index in [9.17, 15) is 0 Å². The first-order chi connectivity index (χ1) is 17.3. The van der Waals surface area contributed by atoms with E-state index in [0.717, 1.165) is 18.6 Å². The second-order valence-electron chi connectivity index (χ2n) is 12.1. The van der Waals surface area contributed by atoms with Crippen molar-refractivity contribution in [2.24, 2.45) is 10.9 Å². The molecule has 0 saturated heterocycles. The summed E-state index contributed by atoms with van der Waals surface area (Å²) in [4.78, 5) is 4.84. The molecule has 2 aromatic carbocycles. The highest BCUT2D eigenvalue weighted by Crippen LogP contribution is 2.53. The van der Waals surface area contributed by atoms with Crippen molar-refractivity contribution < 1.29 is 9.47 Å². The summed E-state index contributed by atoms with van der Waals surface area (Å²) in [5.74, 6) is 1.56. The van der Waals surface area contributed by atoms with Gasteiger partial charge in [0.1, 0.15) is 5.75 Å². The highest BCUT2D eigenvalue weighted by Gasteiger charge is 2.38. The Balaban J connectivity index is 2.76. The summed E-state index contributed by atoms with van der Waals surface area (Å²) in [5, 5.41) is 1.32. The Bertz CT molecular complexity index is 1030. The molecule has 0 radical (unpaired) electrons. The molecule has 0 spiro atoms. The molecule has 0 bridgehead atoms. The number of rotatable bonds is 13. The van der Waals surface area contributed by atoms with Crippen LogP contribution in [0.25, 0.3) is 0 Å². The van der Waals surface area contributed by atoms with Crippen LogP contribution in [0.3, 0.4) is 0 Å². The maximum absolute atomic E-state index is 6.51. The van der Waals surface area contributed by atoms with Crippen LogP contribution in [0.15, 0.2) is 41.4 Å². The number of methoxy groups -OCH3 is 1. The average Bonchev–Trinajstić information content (AvgIpc) is 2.85. The van der Waals surface area contributed by atoms with Gasteiger partial charge >= 0.3 is 0 Å². The van der Waals surface area contributed by atoms with E-state index in [4.69, 9.17) is 14.5 Å². The second kappa shape index (κ2) is 13.4. The van der Waals surface area contributed by atoms with Gasteiger partial charge < -0.3 is 9.47 Å². The zero-order valence-corrected chi connectivity index (χ0v) is 26.4. The SMILES string of the molecule is CCCC(C)C(C)(C)c1cc(C)cc(C(CC)(CC)Pc2ccccc2C=NC(C)(C)C)c1OCOC. The molecule has 0 N–H and O–H groups in total. The van der Waals surface area contributed by atoms with Crippen LogP contribution in [-0.4, -0.2) is 25.7 Å². The Morgan fingerprint density at radius 2 is 1.59 bits per heavy atom. The molecule has 3 nitrogen and oxygen atoms in total. The predicted octanol–water partition coefficient (Wildman–Crippen LogP) is 8.93. The fraction of sp³-hybridized carbons (Fsp3) is 0.606. The molecule has 0 fully saturated rings. The Kier molecular flexibility index (Phi) is 11.4. The molecule has 0 aliphatic heterocycles. The van der Waals surface area contributed by atoms with Crippen molar-refractivity contribution in [2.75, 3.05) is 13.9 Å². The molecule has 2 unspecified atom stereocenters. The van der Waals surface area contributed by atoms with Crippen LogP contribution < -0.4 is 10.0 Å². The lowest BCUT2D eigenvalue weighted by molar-refractivity contribution is 0.0479. The molecular formula is C33H52NO2P. The third-order valence-electron chi connectivity index (χ3n) is 7.85. The summed E-state index contributed by atoms with van der Waals surface area (Å²) in [6, 6.07) is 13.5. The molecule has 0 heterocycles. The largest absolute Gasteiger partial charge is 0.467 e. The van der Waals surface area contributed by atoms with Crippen LogP contribution in [0.5, 0.6) is 5.75 Å². The molecule has 2 rings (SSSR count). The van der Waals surface area contributed by atoms with E-state index in [0.29, 0.717) is 14.5 Å². The number of aryl methyl sites for hydroxylation is 1. The minimum absolute atomic E-state index is 0.0204. The van der Waals surface area contributed by atoms with Crippen LogP contribution in [0, 0.1) is 12.8 Å². The summed E-state index contributed by atoms with van der Waals surface area (Å²) in [6.45, 7) is 23.0. The zero-order chi connectivity index (χ0) is 27.9. The molecule has 0 amide bonds. The van der Waals surface area contributed by atoms with Crippen molar-refractivity contribution >= 4 is 20.1 Å². The lowest BCUT2D eigenvalue weighted by Crippen LogP contribution is -2.30. The molecule has 4 heteroatoms. The van der Waals surface area contributed by atoms with Gasteiger partial charge in [-0.3, -0.25) is 4.99 Å². The van der Waals surface area contributed by atoms with Crippen molar-refractivity contribution in [3.8, 4) is 5.75 Å². The Labute approximate surface area is 229 Å². The fourth-order valence-corrected chi connectivity index (χ4v) is 6.72. The number of benzene rings is 2. The van der Waals surface area contributed by atoms with Gasteiger partial charge in [0.05, 0.1) is 5.54 Å². The monoisotopic (exact) mass is 525 g/mol. The molecular weight excluding hydrogens is 473 g/mol. The van der Waals surface area contributed by atoms with E-state index < -0.39 is 0 Å². The minimum Gasteiger partial charge on any atom is -0.467 e. The van der Waals surface area contributed by atoms with E-state index in [1.54, 1.807) is 7.11 Å². The quantitative estimate of drug-likeness (QED) is 0.148. The standard InChI is InChI=1S/C33H52NO2P/c1-12-17-25(5)32(9,10)27-20-24(4)21-28(30(27)36-23-35-11)33(13-2,14-3)37-29-19-16-15-18-26(29)22-34-31(6,7)8/h15-16,18-22,25,37H,12-14,17,23H2,1-11H3. The molecule has 2 atom stereocenters. The highest BCUT2D eigenvalue weighted by molar-refractivity contribution is 7.48. The van der Waals surface area contributed by atoms with Crippen LogP contribution >= 0.6 is 8.58 Å². The molecule has 0 aliphatic rings. The van der Waals surface area contributed by atoms with Crippen molar-refractivity contribution in [1.82, 2.24) is 0 Å². The summed E-state index contributed by atoms with van der Waals surface area (Å²) in [5.41, 5.74) is 5.02. The summed E-state index contributed by atoms with van der Waals surface area (Å²) >= 11 is 0. The minimum atomic E-state index is -0.101. The first-order valence-electron chi connectivity index (χ1n) is 14.0. The van der Waals surface area contributed by atoms with Gasteiger partial charge in [-0.1, -0.05) is 105 Å². The van der Waals surface area contributed by atoms with Crippen LogP contribution in [0.4, 0.5) is 0 Å². The summed E-state index contributed by atoms with van der Waals surface area (Å²) < 4.78 is 12.0. The Morgan fingerprint density at radius 3 is 2.16 bits per heavy atom. The molecule has 37 heavy (non-hydrogen) atoms. The van der Waals surface area contributed by atoms with Gasteiger partial charge in [-0.05, 0) is 62.7 Å². The van der Waals surface area contributed by atoms with Crippen molar-refractivity contribution in [3.05, 3.63) is 58.7 Å². The van der Waals surface area contributed by atoms with Gasteiger partial charge in [-0.2, -0.15) is 0 Å². The first kappa shape index (κ1) is 31.5. The highest BCUT2D eigenvalue weighted by atomic mass is 31.1. The molecule has 206 valence electrons. The normalized spacial score (nSPS) is 14.1. The first-order valence-corrected chi connectivity index (χ1v) is 15.0. The topological polar surface area (TPSA) is 30.8 Å². The van der Waals surface area contributed by atoms with Gasteiger partial charge in [0.15, 0.2) is 6.79 Å². The smallest absolute Gasteiger partial charge is 0.188 e. The van der Waals surface area contributed by atoms with E-state index in [-0.39, 0.29) is 22.9 Å². The number of hydrogen-bond acceptors (Lipinski definition) is 3. The van der Waals surface area contributed by atoms with E-state index in [2.05, 4.69) is 112 Å². The third kappa shape index (κ3) is 7.90. The number of hydrogen-bond donors (Lipinski definition) is 0. The van der Waals surface area contributed by atoms with E-state index in [1.807, 2.05) is 0 Å². The number of ether oxygens (including phenoxy) is 2. The zero-order valence-electron chi connectivity index (χ0n) is 25.4. The maximum Gasteiger partial charge on any atom is 0.188 e. The Hall–Kier alpha value is -1.70. The molecule has 2 aromatic rings. The van der Waals surface area contributed by atoms with Crippen molar-refractivity contribution in [3.63, 3.8) is 0 Å². The Morgan fingerprint density at radius 1 is 0.973 bits per heavy atom. The van der Waals surface area contributed by atoms with Crippen LogP contribution in [-0.2, 0) is 15.3 Å². The summed E-state index contributed by atoms with van der Waals surface area (Å²) in [7, 11) is 2.30. The average molecular weight is 526 g/mol. The predicted molar refractivity (Wildman–Crippen MR) is 165 cm³/mol. The van der Waals surface area contributed by atoms with Crippen LogP contribution in [0.1, 0.15) is 110 Å². The number of aliphatic imine (C=N–C) groups is 1. The lowest BCUT2D eigenvalue weighted by atomic mass is 9.70. The second-order valence-corrected chi connectivity index (χ2v) is 13.8. The van der Waals surface area contributed by atoms with Gasteiger partial charge in [0.2, 0.25) is 0 Å². The molecule has 0 aliphatic carbocycles. The number of nitrogens with zero attached hydrogens (tertiary/aromatic N) is 1. The summed E-state index contributed by atoms with van der Waals surface area (Å²) in [6.07, 6.45) is 6.50.